The van der Waals surface area contributed by atoms with Crippen molar-refractivity contribution in [2.45, 2.75) is 77.2 Å². The molecule has 3 saturated carbocycles. The van der Waals surface area contributed by atoms with Gasteiger partial charge >= 0.3 is 5.97 Å². The summed E-state index contributed by atoms with van der Waals surface area (Å²) < 4.78 is 9.98. The molecule has 8 atom stereocenters. The van der Waals surface area contributed by atoms with Gasteiger partial charge in [0, 0.05) is 12.3 Å². The van der Waals surface area contributed by atoms with Crippen molar-refractivity contribution in [3.05, 3.63) is 10.6 Å². The Morgan fingerprint density at radius 1 is 1.19 bits per heavy atom. The fourth-order valence-corrected chi connectivity index (χ4v) is 8.99. The lowest BCUT2D eigenvalue weighted by Gasteiger charge is -2.61. The molecule has 1 aromatic heterocycles. The highest BCUT2D eigenvalue weighted by Crippen LogP contribution is 2.69. The molecule has 0 saturated heterocycles. The number of halogens is 1. The van der Waals surface area contributed by atoms with E-state index in [1.54, 1.807) is 6.92 Å². The molecule has 0 radical (unpaired) electrons. The summed E-state index contributed by atoms with van der Waals surface area (Å²) in [6.07, 6.45) is 8.24. The number of esters is 1. The van der Waals surface area contributed by atoms with Crippen LogP contribution in [-0.2, 0) is 16.0 Å². The summed E-state index contributed by atoms with van der Waals surface area (Å²) in [7, 11) is 0. The van der Waals surface area contributed by atoms with Gasteiger partial charge in [0.05, 0.1) is 15.9 Å². The van der Waals surface area contributed by atoms with E-state index in [1.807, 2.05) is 0 Å². The van der Waals surface area contributed by atoms with Crippen LogP contribution in [0.5, 0.6) is 0 Å². The second-order valence-corrected chi connectivity index (χ2v) is 11.1. The summed E-state index contributed by atoms with van der Waals surface area (Å²) in [5, 5.41) is 4.41. The van der Waals surface area contributed by atoms with E-state index in [4.69, 9.17) is 16.3 Å². The molecule has 0 aliphatic heterocycles. The minimum atomic E-state index is -0.127. The normalized spacial score (nSPS) is 48.1. The monoisotopic (exact) mass is 408 g/mol. The van der Waals surface area contributed by atoms with Gasteiger partial charge in [-0.1, -0.05) is 18.3 Å². The number of rotatable bonds is 1. The molecule has 4 nitrogen and oxygen atoms in total. The first-order valence-corrected chi connectivity index (χ1v) is 11.7. The first kappa shape index (κ1) is 18.4. The van der Waals surface area contributed by atoms with E-state index in [9.17, 15) is 4.79 Å². The van der Waals surface area contributed by atoms with Crippen molar-refractivity contribution < 1.29 is 9.53 Å². The minimum Gasteiger partial charge on any atom is -0.462 e. The zero-order valence-corrected chi connectivity index (χ0v) is 18.0. The van der Waals surface area contributed by atoms with E-state index in [1.165, 1.54) is 42.1 Å². The topological polar surface area (TPSA) is 52.1 Å². The summed E-state index contributed by atoms with van der Waals surface area (Å²) in [5.41, 5.74) is 1.42. The minimum absolute atomic E-state index is 0.0362. The summed E-state index contributed by atoms with van der Waals surface area (Å²) >= 11 is 8.66. The van der Waals surface area contributed by atoms with Crippen molar-refractivity contribution >= 4 is 29.1 Å². The van der Waals surface area contributed by atoms with Crippen LogP contribution in [0.2, 0.25) is 0 Å². The third-order valence-electron chi connectivity index (χ3n) is 8.99. The summed E-state index contributed by atoms with van der Waals surface area (Å²) in [6.45, 7) is 6.39. The van der Waals surface area contributed by atoms with Gasteiger partial charge in [-0.15, -0.1) is 16.7 Å². The molecule has 0 N–H and O–H groups in total. The van der Waals surface area contributed by atoms with Crippen molar-refractivity contribution in [2.75, 3.05) is 0 Å². The van der Waals surface area contributed by atoms with Crippen molar-refractivity contribution in [1.82, 2.24) is 9.59 Å². The zero-order chi connectivity index (χ0) is 19.0. The number of hydrogen-bond acceptors (Lipinski definition) is 5. The fraction of sp³-hybridized carbons (Fsp3) is 0.857. The SMILES string of the molecule is CC(=O)O[C@H]1CC[C@H]2[C@@H]3CC[C@H]4Cc5nnsc5C(Cl)[C@]4(C)[C@H]3CC[C@]12C. The molecular weight excluding hydrogens is 380 g/mol. The highest BCUT2D eigenvalue weighted by Gasteiger charge is 2.63. The van der Waals surface area contributed by atoms with Crippen LogP contribution in [0.4, 0.5) is 0 Å². The molecule has 3 fully saturated rings. The molecule has 27 heavy (non-hydrogen) atoms. The van der Waals surface area contributed by atoms with Crippen molar-refractivity contribution in [1.29, 1.82) is 0 Å². The molecule has 0 spiro atoms. The quantitative estimate of drug-likeness (QED) is 0.475. The van der Waals surface area contributed by atoms with Gasteiger partial charge in [-0.3, -0.25) is 4.79 Å². The summed E-state index contributed by atoms with van der Waals surface area (Å²) in [4.78, 5) is 12.8. The molecule has 4 aliphatic carbocycles. The maximum Gasteiger partial charge on any atom is 0.302 e. The molecule has 0 aromatic carbocycles. The Morgan fingerprint density at radius 3 is 2.78 bits per heavy atom. The van der Waals surface area contributed by atoms with Gasteiger partial charge in [-0.05, 0) is 85.6 Å². The van der Waals surface area contributed by atoms with Crippen LogP contribution >= 0.6 is 23.1 Å². The Kier molecular flexibility index (Phi) is 4.19. The molecular formula is C21H29ClN2O2S. The summed E-state index contributed by atoms with van der Waals surface area (Å²) in [5.74, 6) is 2.51. The molecule has 1 unspecified atom stereocenters. The molecule has 0 bridgehead atoms. The maximum absolute atomic E-state index is 11.6. The average molecular weight is 409 g/mol. The highest BCUT2D eigenvalue weighted by molar-refractivity contribution is 7.06. The lowest BCUT2D eigenvalue weighted by molar-refractivity contribution is -0.160. The van der Waals surface area contributed by atoms with Gasteiger partial charge in [-0.25, -0.2) is 0 Å². The maximum atomic E-state index is 11.6. The van der Waals surface area contributed by atoms with Gasteiger partial charge in [0.25, 0.3) is 0 Å². The number of carbonyl (C=O) groups is 1. The number of alkyl halides is 1. The Balaban J connectivity index is 1.47. The molecule has 0 amide bonds. The van der Waals surface area contributed by atoms with E-state index in [0.29, 0.717) is 23.7 Å². The second kappa shape index (κ2) is 6.16. The van der Waals surface area contributed by atoms with E-state index in [-0.39, 0.29) is 28.3 Å². The molecule has 1 aromatic rings. The smallest absolute Gasteiger partial charge is 0.302 e. The molecule has 4 aliphatic rings. The lowest BCUT2D eigenvalue weighted by Crippen LogP contribution is -2.55. The van der Waals surface area contributed by atoms with Crippen molar-refractivity contribution in [3.63, 3.8) is 0 Å². The zero-order valence-electron chi connectivity index (χ0n) is 16.4. The number of ether oxygens (including phenoxy) is 1. The standard InChI is InChI=1S/C21H29ClN2O2S/c1-11(25)26-17-7-6-14-13-5-4-12-10-16-18(27-24-23-16)19(22)21(12,3)15(13)8-9-20(14,17)2/h12-15,17,19H,4-10H2,1-3H3/t12-,13-,14-,15-,17-,19?,20-,21-/m0/s1. The van der Waals surface area contributed by atoms with Crippen LogP contribution in [0.1, 0.15) is 75.2 Å². The average Bonchev–Trinajstić information content (AvgIpc) is 3.21. The Hall–Kier alpha value is -0.680. The first-order valence-electron chi connectivity index (χ1n) is 10.5. The van der Waals surface area contributed by atoms with E-state index < -0.39 is 0 Å². The fourth-order valence-electron chi connectivity index (χ4n) is 7.60. The third kappa shape index (κ3) is 2.43. The van der Waals surface area contributed by atoms with Crippen LogP contribution < -0.4 is 0 Å². The predicted molar refractivity (Wildman–Crippen MR) is 106 cm³/mol. The number of nitrogens with zero attached hydrogens (tertiary/aromatic N) is 2. The Morgan fingerprint density at radius 2 is 2.00 bits per heavy atom. The second-order valence-electron chi connectivity index (χ2n) is 9.89. The van der Waals surface area contributed by atoms with Crippen LogP contribution in [0.3, 0.4) is 0 Å². The van der Waals surface area contributed by atoms with Crippen LogP contribution in [0.25, 0.3) is 0 Å². The van der Waals surface area contributed by atoms with E-state index in [0.717, 1.165) is 25.0 Å². The number of hydrogen-bond donors (Lipinski definition) is 0. The van der Waals surface area contributed by atoms with Crippen LogP contribution in [0.15, 0.2) is 0 Å². The van der Waals surface area contributed by atoms with Gasteiger partial charge in [0.2, 0.25) is 0 Å². The van der Waals surface area contributed by atoms with Gasteiger partial charge in [0.1, 0.15) is 6.10 Å². The number of carbonyl (C=O) groups excluding carboxylic acids is 1. The van der Waals surface area contributed by atoms with Crippen molar-refractivity contribution in [3.8, 4) is 0 Å². The number of fused-ring (bicyclic) bond motifs is 6. The lowest BCUT2D eigenvalue weighted by atomic mass is 9.45. The molecule has 1 heterocycles. The molecule has 5 rings (SSSR count). The first-order chi connectivity index (χ1) is 12.9. The van der Waals surface area contributed by atoms with E-state index in [2.05, 4.69) is 23.4 Å². The largest absolute Gasteiger partial charge is 0.462 e. The van der Waals surface area contributed by atoms with Crippen molar-refractivity contribution in [2.24, 2.45) is 34.5 Å². The van der Waals surface area contributed by atoms with Gasteiger partial charge < -0.3 is 4.74 Å². The predicted octanol–water partition coefficient (Wildman–Crippen LogP) is 5.16. The molecule has 148 valence electrons. The third-order valence-corrected chi connectivity index (χ3v) is 10.6. The van der Waals surface area contributed by atoms with E-state index >= 15 is 0 Å². The van der Waals surface area contributed by atoms with Gasteiger partial charge in [0.15, 0.2) is 0 Å². The molecule has 6 heteroatoms. The van der Waals surface area contributed by atoms with Gasteiger partial charge in [-0.2, -0.15) is 0 Å². The van der Waals surface area contributed by atoms with Crippen LogP contribution in [-0.4, -0.2) is 21.7 Å². The Labute approximate surface area is 170 Å². The summed E-state index contributed by atoms with van der Waals surface area (Å²) in [6, 6.07) is 0. The van der Waals surface area contributed by atoms with Crippen LogP contribution in [0, 0.1) is 34.5 Å². The number of aromatic nitrogens is 2. The highest BCUT2D eigenvalue weighted by atomic mass is 35.5. The Bertz CT molecular complexity index is 769.